The largest absolute Gasteiger partial charge is 0.416 e. The van der Waals surface area contributed by atoms with Crippen molar-refractivity contribution >= 4 is 17.2 Å². The van der Waals surface area contributed by atoms with Crippen LogP contribution in [0.3, 0.4) is 0 Å². The summed E-state index contributed by atoms with van der Waals surface area (Å²) in [5.74, 6) is 2.43. The molecule has 0 aliphatic carbocycles. The molecule has 1 aliphatic rings. The molecule has 3 N–H and O–H groups in total. The van der Waals surface area contributed by atoms with Gasteiger partial charge in [-0.2, -0.15) is 31.4 Å². The van der Waals surface area contributed by atoms with Crippen LogP contribution in [0.15, 0.2) is 52.6 Å². The van der Waals surface area contributed by atoms with Crippen molar-refractivity contribution in [3.63, 3.8) is 0 Å². The first-order valence-electron chi connectivity index (χ1n) is 8.74. The van der Waals surface area contributed by atoms with Crippen LogP contribution in [0.5, 0.6) is 0 Å². The third-order valence-corrected chi connectivity index (χ3v) is 4.27. The van der Waals surface area contributed by atoms with Gasteiger partial charge in [-0.1, -0.05) is 18.1 Å². The van der Waals surface area contributed by atoms with Crippen molar-refractivity contribution in [2.45, 2.75) is 25.4 Å². The van der Waals surface area contributed by atoms with E-state index >= 15 is 0 Å². The maximum absolute atomic E-state index is 13.2. The minimum Gasteiger partial charge on any atom is -0.359 e. The summed E-state index contributed by atoms with van der Waals surface area (Å²) in [5, 5.41) is 6.67. The number of alkyl halides is 6. The highest BCUT2D eigenvalue weighted by molar-refractivity contribution is 6.05. The molecule has 0 spiro atoms. The molecule has 1 unspecified atom stereocenters. The van der Waals surface area contributed by atoms with Crippen LogP contribution in [0.4, 0.5) is 32.0 Å². The number of benzene rings is 2. The van der Waals surface area contributed by atoms with Crippen molar-refractivity contribution in [1.29, 1.82) is 0 Å². The van der Waals surface area contributed by atoms with Gasteiger partial charge in [-0.25, -0.2) is 10.5 Å². The molecule has 0 aromatic heterocycles. The summed E-state index contributed by atoms with van der Waals surface area (Å²) in [6, 6.07) is 7.98. The molecule has 31 heavy (non-hydrogen) atoms. The van der Waals surface area contributed by atoms with Gasteiger partial charge >= 0.3 is 12.4 Å². The van der Waals surface area contributed by atoms with Crippen LogP contribution in [0.2, 0.25) is 0 Å². The fourth-order valence-corrected chi connectivity index (χ4v) is 2.79. The number of rotatable bonds is 3. The van der Waals surface area contributed by atoms with Crippen LogP contribution in [-0.2, 0) is 12.4 Å². The Morgan fingerprint density at radius 2 is 1.68 bits per heavy atom. The minimum atomic E-state index is -4.96. The van der Waals surface area contributed by atoms with Gasteiger partial charge in [0.15, 0.2) is 5.84 Å². The van der Waals surface area contributed by atoms with Gasteiger partial charge in [0.2, 0.25) is 0 Å². The highest BCUT2D eigenvalue weighted by Crippen LogP contribution is 2.39. The van der Waals surface area contributed by atoms with E-state index in [4.69, 9.17) is 6.42 Å². The third-order valence-electron chi connectivity index (χ3n) is 4.27. The first-order chi connectivity index (χ1) is 14.5. The number of anilines is 1. The number of halogens is 6. The molecule has 0 bridgehead atoms. The second-order valence-electron chi connectivity index (χ2n) is 6.49. The number of nitrogens with one attached hydrogen (secondary N) is 3. The van der Waals surface area contributed by atoms with Gasteiger partial charge in [0.1, 0.15) is 11.9 Å². The average Bonchev–Trinajstić information content (AvgIpc) is 2.71. The van der Waals surface area contributed by atoms with Crippen LogP contribution in [0.25, 0.3) is 0 Å². The quantitative estimate of drug-likeness (QED) is 0.281. The van der Waals surface area contributed by atoms with Crippen LogP contribution in [0, 0.1) is 12.3 Å². The number of hydrazone groups is 1. The standard InChI is InChI=1S/C20H15F6N5/c1-3-11(2)29-31-30-18-15-6-4-5-7-16(15)27-17(28-18)12-8-13(19(21,22)23)10-14(9-12)20(24,25)26/h1,4-10,17,27,31H,2H3,(H,28,30). The maximum atomic E-state index is 13.2. The molecule has 0 saturated carbocycles. The lowest BCUT2D eigenvalue weighted by Gasteiger charge is -2.27. The van der Waals surface area contributed by atoms with E-state index in [1.807, 2.05) is 0 Å². The smallest absolute Gasteiger partial charge is 0.359 e. The Morgan fingerprint density at radius 1 is 1.06 bits per heavy atom. The SMILES string of the molecule is C#CC(C)=NNNC1=NC(c2cc(C(F)(F)F)cc(C(F)(F)F)c2)Nc2ccccc21. The van der Waals surface area contributed by atoms with Crippen LogP contribution in [-0.4, -0.2) is 11.5 Å². The fraction of sp³-hybridized carbons (Fsp3) is 0.200. The van der Waals surface area contributed by atoms with E-state index in [9.17, 15) is 26.3 Å². The number of hydrogen-bond donors (Lipinski definition) is 3. The van der Waals surface area contributed by atoms with Gasteiger partial charge < -0.3 is 5.32 Å². The summed E-state index contributed by atoms with van der Waals surface area (Å²) in [6.07, 6.45) is -5.95. The average molecular weight is 439 g/mol. The van der Waals surface area contributed by atoms with Gasteiger partial charge in [-0.3, -0.25) is 5.43 Å². The number of nitrogens with zero attached hydrogens (tertiary/aromatic N) is 2. The van der Waals surface area contributed by atoms with E-state index in [2.05, 4.69) is 32.3 Å². The Labute approximate surface area is 173 Å². The van der Waals surface area contributed by atoms with Crippen molar-refractivity contribution in [2.75, 3.05) is 5.32 Å². The predicted octanol–water partition coefficient (Wildman–Crippen LogP) is 4.70. The molecule has 0 fully saturated rings. The van der Waals surface area contributed by atoms with Crippen molar-refractivity contribution in [2.24, 2.45) is 10.1 Å². The molecule has 1 aliphatic heterocycles. The van der Waals surface area contributed by atoms with Crippen molar-refractivity contribution in [1.82, 2.24) is 11.0 Å². The van der Waals surface area contributed by atoms with Crippen LogP contribution < -0.4 is 16.3 Å². The second-order valence-corrected chi connectivity index (χ2v) is 6.49. The normalized spacial score (nSPS) is 16.5. The number of terminal acetylenes is 1. The predicted molar refractivity (Wildman–Crippen MR) is 104 cm³/mol. The molecule has 0 saturated heterocycles. The van der Waals surface area contributed by atoms with Crippen LogP contribution >= 0.6 is 0 Å². The van der Waals surface area contributed by atoms with E-state index in [0.717, 1.165) is 0 Å². The van der Waals surface area contributed by atoms with Gasteiger partial charge in [0, 0.05) is 11.3 Å². The van der Waals surface area contributed by atoms with Gasteiger partial charge in [-0.05, 0) is 42.8 Å². The lowest BCUT2D eigenvalue weighted by Crippen LogP contribution is -2.38. The molecular formula is C20H15F6N5. The zero-order chi connectivity index (χ0) is 22.8. The number of amidine groups is 1. The molecule has 3 rings (SSSR count). The molecule has 0 radical (unpaired) electrons. The van der Waals surface area contributed by atoms with E-state index in [-0.39, 0.29) is 17.5 Å². The molecule has 1 atom stereocenters. The molecule has 1 heterocycles. The van der Waals surface area contributed by atoms with E-state index in [1.165, 1.54) is 0 Å². The Balaban J connectivity index is 2.06. The Bertz CT molecular complexity index is 1050. The number of para-hydroxylation sites is 1. The highest BCUT2D eigenvalue weighted by Gasteiger charge is 2.38. The molecule has 5 nitrogen and oxygen atoms in total. The summed E-state index contributed by atoms with van der Waals surface area (Å²) in [4.78, 5) is 4.24. The number of hydrazine groups is 1. The molecule has 11 heteroatoms. The van der Waals surface area contributed by atoms with E-state index < -0.39 is 29.6 Å². The highest BCUT2D eigenvalue weighted by atomic mass is 19.4. The zero-order valence-corrected chi connectivity index (χ0v) is 15.9. The van der Waals surface area contributed by atoms with Gasteiger partial charge in [0.25, 0.3) is 0 Å². The van der Waals surface area contributed by atoms with Gasteiger partial charge in [0.05, 0.1) is 11.1 Å². The van der Waals surface area contributed by atoms with Crippen LogP contribution in [0.1, 0.15) is 35.3 Å². The summed E-state index contributed by atoms with van der Waals surface area (Å²) in [7, 11) is 0. The number of hydrogen-bond acceptors (Lipinski definition) is 5. The monoisotopic (exact) mass is 439 g/mol. The molecule has 162 valence electrons. The third kappa shape index (κ3) is 5.09. The summed E-state index contributed by atoms with van der Waals surface area (Å²) in [6.45, 7) is 1.55. The van der Waals surface area contributed by atoms with Crippen molar-refractivity contribution < 1.29 is 26.3 Å². The minimum absolute atomic E-state index is 0.0714. The maximum Gasteiger partial charge on any atom is 0.416 e. The molecule has 2 aromatic rings. The van der Waals surface area contributed by atoms with Crippen molar-refractivity contribution in [3.05, 3.63) is 64.7 Å². The van der Waals surface area contributed by atoms with E-state index in [1.54, 1.807) is 31.2 Å². The molecular weight excluding hydrogens is 424 g/mol. The second kappa shape index (κ2) is 8.22. The van der Waals surface area contributed by atoms with E-state index in [0.29, 0.717) is 29.1 Å². The first kappa shape index (κ1) is 22.0. The summed E-state index contributed by atoms with van der Waals surface area (Å²) in [5.41, 5.74) is 3.27. The molecule has 0 amide bonds. The first-order valence-corrected chi connectivity index (χ1v) is 8.74. The van der Waals surface area contributed by atoms with Gasteiger partial charge in [-0.15, -0.1) is 6.42 Å². The Hall–Kier alpha value is -3.68. The molecule has 2 aromatic carbocycles. The fourth-order valence-electron chi connectivity index (χ4n) is 2.79. The van der Waals surface area contributed by atoms with Crippen molar-refractivity contribution in [3.8, 4) is 12.3 Å². The zero-order valence-electron chi connectivity index (χ0n) is 15.9. The number of fused-ring (bicyclic) bond motifs is 1. The number of aliphatic imine (C=N–C) groups is 1. The Kier molecular flexibility index (Phi) is 5.83. The lowest BCUT2D eigenvalue weighted by molar-refractivity contribution is -0.143. The lowest BCUT2D eigenvalue weighted by atomic mass is 10.0. The topological polar surface area (TPSA) is 60.8 Å². The summed E-state index contributed by atoms with van der Waals surface area (Å²) >= 11 is 0. The summed E-state index contributed by atoms with van der Waals surface area (Å²) < 4.78 is 79.3. The Morgan fingerprint density at radius 3 is 2.26 bits per heavy atom.